The van der Waals surface area contributed by atoms with Crippen LogP contribution in [0.2, 0.25) is 0 Å². The number of amides is 1. The van der Waals surface area contributed by atoms with Gasteiger partial charge in [-0.2, -0.15) is 0 Å². The van der Waals surface area contributed by atoms with Crippen LogP contribution < -0.4 is 5.32 Å². The molecule has 118 valence electrons. The first kappa shape index (κ1) is 15.0. The number of fused-ring (bicyclic) bond motifs is 1. The monoisotopic (exact) mass is 301 g/mol. The lowest BCUT2D eigenvalue weighted by atomic mass is 10.1. The number of nitrogens with zero attached hydrogens (tertiary/aromatic N) is 2. The highest BCUT2D eigenvalue weighted by Crippen LogP contribution is 2.30. The van der Waals surface area contributed by atoms with Crippen molar-refractivity contribution >= 4 is 16.9 Å². The number of aromatic nitrogens is 2. The molecule has 0 saturated carbocycles. The molecule has 0 radical (unpaired) electrons. The molecule has 1 aliphatic heterocycles. The lowest BCUT2D eigenvalue weighted by Crippen LogP contribution is -2.42. The smallest absolute Gasteiger partial charge is 0.240 e. The van der Waals surface area contributed by atoms with Crippen LogP contribution in [0.3, 0.4) is 0 Å². The van der Waals surface area contributed by atoms with Crippen LogP contribution in [0.25, 0.3) is 11.0 Å². The van der Waals surface area contributed by atoms with Gasteiger partial charge in [0.05, 0.1) is 11.0 Å². The number of benzene rings is 1. The van der Waals surface area contributed by atoms with E-state index in [9.17, 15) is 4.79 Å². The van der Waals surface area contributed by atoms with Crippen LogP contribution in [0.15, 0.2) is 24.3 Å². The summed E-state index contributed by atoms with van der Waals surface area (Å²) >= 11 is 0. The van der Waals surface area contributed by atoms with E-state index < -0.39 is 0 Å². The molecule has 5 nitrogen and oxygen atoms in total. The van der Waals surface area contributed by atoms with Gasteiger partial charge in [-0.05, 0) is 45.7 Å². The van der Waals surface area contributed by atoms with E-state index in [0.717, 1.165) is 36.3 Å². The second-order valence-electron chi connectivity index (χ2n) is 6.84. The number of imidazole rings is 1. The fraction of sp³-hybridized carbons (Fsp3) is 0.529. The number of carbonyl (C=O) groups excluding carboxylic acids is 1. The third-order valence-electron chi connectivity index (χ3n) is 3.72. The minimum Gasteiger partial charge on any atom is -0.370 e. The van der Waals surface area contributed by atoms with Crippen LogP contribution >= 0.6 is 0 Å². The lowest BCUT2D eigenvalue weighted by Gasteiger charge is -2.21. The zero-order valence-electron chi connectivity index (χ0n) is 13.4. The van der Waals surface area contributed by atoms with Crippen molar-refractivity contribution in [3.05, 3.63) is 30.1 Å². The van der Waals surface area contributed by atoms with Gasteiger partial charge in [0.2, 0.25) is 5.91 Å². The van der Waals surface area contributed by atoms with Crippen molar-refractivity contribution in [1.29, 1.82) is 0 Å². The van der Waals surface area contributed by atoms with Crippen molar-refractivity contribution in [2.45, 2.75) is 51.8 Å². The first-order chi connectivity index (χ1) is 10.4. The van der Waals surface area contributed by atoms with Crippen molar-refractivity contribution < 1.29 is 9.53 Å². The second kappa shape index (κ2) is 5.72. The van der Waals surface area contributed by atoms with Crippen molar-refractivity contribution in [2.24, 2.45) is 0 Å². The first-order valence-corrected chi connectivity index (χ1v) is 7.82. The molecule has 0 bridgehead atoms. The SMILES string of the molecule is CC(C)(C)NC(=O)Cn1c(C2CCCO2)nc2ccccc21. The molecule has 3 rings (SSSR count). The maximum Gasteiger partial charge on any atom is 0.240 e. The molecule has 1 aromatic heterocycles. The quantitative estimate of drug-likeness (QED) is 0.948. The number of nitrogens with one attached hydrogen (secondary N) is 1. The third kappa shape index (κ3) is 3.14. The molecule has 0 spiro atoms. The van der Waals surface area contributed by atoms with Crippen molar-refractivity contribution in [3.8, 4) is 0 Å². The highest BCUT2D eigenvalue weighted by atomic mass is 16.5. The summed E-state index contributed by atoms with van der Waals surface area (Å²) in [5.41, 5.74) is 1.66. The van der Waals surface area contributed by atoms with E-state index in [1.807, 2.05) is 49.6 Å². The molecule has 0 aliphatic carbocycles. The molecule has 1 aromatic carbocycles. The molecule has 5 heteroatoms. The Hall–Kier alpha value is -1.88. The molecule has 22 heavy (non-hydrogen) atoms. The van der Waals surface area contributed by atoms with Gasteiger partial charge < -0.3 is 14.6 Å². The van der Waals surface area contributed by atoms with Gasteiger partial charge in [-0.15, -0.1) is 0 Å². The Kier molecular flexibility index (Phi) is 3.91. The number of para-hydroxylation sites is 2. The van der Waals surface area contributed by atoms with E-state index in [1.165, 1.54) is 0 Å². The fourth-order valence-electron chi connectivity index (χ4n) is 2.89. The maximum atomic E-state index is 12.3. The number of rotatable bonds is 3. The standard InChI is InChI=1S/C17H23N3O2/c1-17(2,3)19-15(21)11-20-13-8-5-4-7-12(13)18-16(20)14-9-6-10-22-14/h4-5,7-8,14H,6,9-11H2,1-3H3,(H,19,21). The van der Waals surface area contributed by atoms with Gasteiger partial charge in [0.15, 0.2) is 0 Å². The van der Waals surface area contributed by atoms with Gasteiger partial charge in [-0.3, -0.25) is 4.79 Å². The van der Waals surface area contributed by atoms with Crippen molar-refractivity contribution in [2.75, 3.05) is 6.61 Å². The molecule has 1 N–H and O–H groups in total. The number of carbonyl (C=O) groups is 1. The highest BCUT2D eigenvalue weighted by Gasteiger charge is 2.26. The average molecular weight is 301 g/mol. The van der Waals surface area contributed by atoms with E-state index in [2.05, 4.69) is 5.32 Å². The van der Waals surface area contributed by atoms with Crippen LogP contribution in [0.5, 0.6) is 0 Å². The summed E-state index contributed by atoms with van der Waals surface area (Å²) in [4.78, 5) is 17.0. The number of hydrogen-bond acceptors (Lipinski definition) is 3. The van der Waals surface area contributed by atoms with Gasteiger partial charge in [-0.1, -0.05) is 12.1 Å². The van der Waals surface area contributed by atoms with Gasteiger partial charge in [0, 0.05) is 12.1 Å². The lowest BCUT2D eigenvalue weighted by molar-refractivity contribution is -0.123. The molecule has 1 aliphatic rings. The largest absolute Gasteiger partial charge is 0.370 e. The summed E-state index contributed by atoms with van der Waals surface area (Å²) in [6, 6.07) is 7.92. The molecule has 1 amide bonds. The van der Waals surface area contributed by atoms with E-state index in [-0.39, 0.29) is 24.1 Å². The molecule has 2 aromatic rings. The molecular formula is C17H23N3O2. The summed E-state index contributed by atoms with van der Waals surface area (Å²) < 4.78 is 7.77. The van der Waals surface area contributed by atoms with E-state index in [4.69, 9.17) is 9.72 Å². The Morgan fingerprint density at radius 1 is 1.41 bits per heavy atom. The van der Waals surface area contributed by atoms with Crippen LogP contribution in [0.1, 0.15) is 45.5 Å². The van der Waals surface area contributed by atoms with Crippen LogP contribution in [0.4, 0.5) is 0 Å². The topological polar surface area (TPSA) is 56.2 Å². The Morgan fingerprint density at radius 2 is 2.18 bits per heavy atom. The van der Waals surface area contributed by atoms with Gasteiger partial charge in [-0.25, -0.2) is 4.98 Å². The van der Waals surface area contributed by atoms with Crippen molar-refractivity contribution in [3.63, 3.8) is 0 Å². The van der Waals surface area contributed by atoms with E-state index >= 15 is 0 Å². The molecule has 1 saturated heterocycles. The van der Waals surface area contributed by atoms with Crippen LogP contribution in [-0.2, 0) is 16.1 Å². The predicted molar refractivity (Wildman–Crippen MR) is 85.6 cm³/mol. The van der Waals surface area contributed by atoms with E-state index in [1.54, 1.807) is 0 Å². The summed E-state index contributed by atoms with van der Waals surface area (Å²) in [6.45, 7) is 6.99. The number of ether oxygens (including phenoxy) is 1. The molecule has 2 heterocycles. The Labute approximate surface area is 130 Å². The summed E-state index contributed by atoms with van der Waals surface area (Å²) in [5.74, 6) is 0.859. The summed E-state index contributed by atoms with van der Waals surface area (Å²) in [5, 5.41) is 3.01. The number of hydrogen-bond donors (Lipinski definition) is 1. The molecular weight excluding hydrogens is 278 g/mol. The predicted octanol–water partition coefficient (Wildman–Crippen LogP) is 2.80. The molecule has 1 unspecified atom stereocenters. The Morgan fingerprint density at radius 3 is 2.86 bits per heavy atom. The maximum absolute atomic E-state index is 12.3. The van der Waals surface area contributed by atoms with Crippen LogP contribution in [0, 0.1) is 0 Å². The Balaban J connectivity index is 1.95. The highest BCUT2D eigenvalue weighted by molar-refractivity contribution is 5.81. The Bertz CT molecular complexity index is 679. The zero-order chi connectivity index (χ0) is 15.7. The van der Waals surface area contributed by atoms with Gasteiger partial charge >= 0.3 is 0 Å². The summed E-state index contributed by atoms with van der Waals surface area (Å²) in [6.07, 6.45) is 2.00. The van der Waals surface area contributed by atoms with Crippen LogP contribution in [-0.4, -0.2) is 27.6 Å². The zero-order valence-corrected chi connectivity index (χ0v) is 13.4. The fourth-order valence-corrected chi connectivity index (χ4v) is 2.89. The average Bonchev–Trinajstić information content (AvgIpc) is 3.04. The second-order valence-corrected chi connectivity index (χ2v) is 6.84. The summed E-state index contributed by atoms with van der Waals surface area (Å²) in [7, 11) is 0. The minimum absolute atomic E-state index is 0.00472. The first-order valence-electron chi connectivity index (χ1n) is 7.82. The molecule has 1 atom stereocenters. The van der Waals surface area contributed by atoms with Gasteiger partial charge in [0.25, 0.3) is 0 Å². The van der Waals surface area contributed by atoms with Crippen molar-refractivity contribution in [1.82, 2.24) is 14.9 Å². The third-order valence-corrected chi connectivity index (χ3v) is 3.72. The molecule has 1 fully saturated rings. The van der Waals surface area contributed by atoms with E-state index in [0.29, 0.717) is 0 Å². The van der Waals surface area contributed by atoms with Gasteiger partial charge in [0.1, 0.15) is 18.5 Å². The minimum atomic E-state index is -0.239. The normalized spacial score (nSPS) is 18.8.